The van der Waals surface area contributed by atoms with Crippen molar-refractivity contribution in [3.05, 3.63) is 30.3 Å². The summed E-state index contributed by atoms with van der Waals surface area (Å²) in [5, 5.41) is 2.61. The van der Waals surface area contributed by atoms with Crippen LogP contribution in [0.2, 0.25) is 0 Å². The lowest BCUT2D eigenvalue weighted by Crippen LogP contribution is -2.40. The van der Waals surface area contributed by atoms with Crippen molar-refractivity contribution in [2.45, 2.75) is 12.8 Å². The van der Waals surface area contributed by atoms with Crippen molar-refractivity contribution in [2.75, 3.05) is 39.1 Å². The smallest absolute Gasteiger partial charge is 0.309 e. The van der Waals surface area contributed by atoms with Crippen molar-refractivity contribution in [3.63, 3.8) is 0 Å². The molecule has 1 aromatic carbocycles. The molecule has 0 saturated carbocycles. The fourth-order valence-corrected chi connectivity index (χ4v) is 3.48. The zero-order chi connectivity index (χ0) is 19.0. The number of benzene rings is 1. The third-order valence-electron chi connectivity index (χ3n) is 4.04. The van der Waals surface area contributed by atoms with Crippen LogP contribution in [0.15, 0.2) is 30.3 Å². The number of rotatable bonds is 8. The van der Waals surface area contributed by atoms with E-state index in [9.17, 15) is 18.0 Å². The Labute approximate surface area is 153 Å². The molecule has 8 nitrogen and oxygen atoms in total. The Balaban J connectivity index is 1.59. The van der Waals surface area contributed by atoms with Gasteiger partial charge < -0.3 is 14.8 Å². The van der Waals surface area contributed by atoms with Gasteiger partial charge in [0.1, 0.15) is 12.4 Å². The number of esters is 1. The molecule has 0 aliphatic carbocycles. The second-order valence-electron chi connectivity index (χ2n) is 6.06. The molecule has 1 aromatic rings. The van der Waals surface area contributed by atoms with Crippen LogP contribution in [-0.2, 0) is 24.3 Å². The summed E-state index contributed by atoms with van der Waals surface area (Å²) in [7, 11) is -3.23. The highest BCUT2D eigenvalue weighted by Gasteiger charge is 2.30. The Morgan fingerprint density at radius 2 is 1.85 bits per heavy atom. The van der Waals surface area contributed by atoms with Crippen molar-refractivity contribution < 1.29 is 27.5 Å². The van der Waals surface area contributed by atoms with Crippen molar-refractivity contribution in [1.82, 2.24) is 9.62 Å². The third-order valence-corrected chi connectivity index (χ3v) is 5.34. The molecule has 0 unspecified atom stereocenters. The molecular weight excluding hydrogens is 360 g/mol. The van der Waals surface area contributed by atoms with Crippen LogP contribution in [0.4, 0.5) is 0 Å². The minimum atomic E-state index is -3.23. The highest BCUT2D eigenvalue weighted by atomic mass is 32.2. The quantitative estimate of drug-likeness (QED) is 0.514. The molecule has 2 rings (SSSR count). The third kappa shape index (κ3) is 6.64. The standard InChI is InChI=1S/C17H24N2O6S/c1-26(22,23)19-10-7-14(8-11-19)17(21)25-13-16(20)18-9-12-24-15-5-3-2-4-6-15/h2-6,14H,7-13H2,1H3,(H,18,20). The molecule has 9 heteroatoms. The highest BCUT2D eigenvalue weighted by Crippen LogP contribution is 2.20. The van der Waals surface area contributed by atoms with Gasteiger partial charge in [-0.3, -0.25) is 9.59 Å². The fraction of sp³-hybridized carbons (Fsp3) is 0.529. The zero-order valence-corrected chi connectivity index (χ0v) is 15.5. The molecule has 0 aromatic heterocycles. The van der Waals surface area contributed by atoms with Crippen LogP contribution >= 0.6 is 0 Å². The predicted molar refractivity (Wildman–Crippen MR) is 95.0 cm³/mol. The van der Waals surface area contributed by atoms with Crippen molar-refractivity contribution in [2.24, 2.45) is 5.92 Å². The Kier molecular flexibility index (Phi) is 7.40. The lowest BCUT2D eigenvalue weighted by atomic mass is 9.98. The molecule has 1 N–H and O–H groups in total. The van der Waals surface area contributed by atoms with E-state index in [4.69, 9.17) is 9.47 Å². The molecule has 1 aliphatic heterocycles. The number of hydrogen-bond donors (Lipinski definition) is 1. The Morgan fingerprint density at radius 3 is 2.46 bits per heavy atom. The van der Waals surface area contributed by atoms with E-state index in [0.717, 1.165) is 6.26 Å². The number of carbonyl (C=O) groups excluding carboxylic acids is 2. The number of nitrogens with one attached hydrogen (secondary N) is 1. The first-order chi connectivity index (χ1) is 12.4. The van der Waals surface area contributed by atoms with Crippen LogP contribution in [0.5, 0.6) is 5.75 Å². The number of carbonyl (C=O) groups is 2. The maximum absolute atomic E-state index is 12.0. The van der Waals surface area contributed by atoms with Gasteiger partial charge in [-0.1, -0.05) is 18.2 Å². The number of nitrogens with zero attached hydrogens (tertiary/aromatic N) is 1. The number of piperidine rings is 1. The summed E-state index contributed by atoms with van der Waals surface area (Å²) in [6.45, 7) is 0.853. The van der Waals surface area contributed by atoms with Gasteiger partial charge in [-0.2, -0.15) is 0 Å². The Morgan fingerprint density at radius 1 is 1.19 bits per heavy atom. The average molecular weight is 384 g/mol. The summed E-state index contributed by atoms with van der Waals surface area (Å²) < 4.78 is 34.7. The largest absolute Gasteiger partial charge is 0.492 e. The number of amides is 1. The van der Waals surface area contributed by atoms with E-state index in [1.54, 1.807) is 0 Å². The van der Waals surface area contributed by atoms with E-state index >= 15 is 0 Å². The fourth-order valence-electron chi connectivity index (χ4n) is 2.60. The van der Waals surface area contributed by atoms with E-state index in [0.29, 0.717) is 44.8 Å². The van der Waals surface area contributed by atoms with E-state index in [2.05, 4.69) is 5.32 Å². The van der Waals surface area contributed by atoms with Gasteiger partial charge in [0.05, 0.1) is 18.7 Å². The molecule has 0 atom stereocenters. The summed E-state index contributed by atoms with van der Waals surface area (Å²) in [5.41, 5.74) is 0. The molecule has 1 amide bonds. The zero-order valence-electron chi connectivity index (χ0n) is 14.7. The van der Waals surface area contributed by atoms with Crippen molar-refractivity contribution in [3.8, 4) is 5.75 Å². The molecule has 26 heavy (non-hydrogen) atoms. The Hall–Kier alpha value is -2.13. The Bertz CT molecular complexity index is 699. The van der Waals surface area contributed by atoms with Gasteiger partial charge in [0, 0.05) is 13.1 Å². The number of para-hydroxylation sites is 1. The maximum atomic E-state index is 12.0. The first kappa shape index (κ1) is 20.2. The second-order valence-corrected chi connectivity index (χ2v) is 8.04. The molecule has 0 radical (unpaired) electrons. The lowest BCUT2D eigenvalue weighted by molar-refractivity contribution is -0.153. The summed E-state index contributed by atoms with van der Waals surface area (Å²) in [6, 6.07) is 9.23. The number of hydrogen-bond acceptors (Lipinski definition) is 6. The van der Waals surface area contributed by atoms with Crippen LogP contribution in [0.25, 0.3) is 0 Å². The molecule has 1 fully saturated rings. The van der Waals surface area contributed by atoms with Gasteiger partial charge in [-0.05, 0) is 25.0 Å². The van der Waals surface area contributed by atoms with Gasteiger partial charge in [0.15, 0.2) is 6.61 Å². The molecule has 1 heterocycles. The van der Waals surface area contributed by atoms with E-state index < -0.39 is 21.9 Å². The van der Waals surface area contributed by atoms with Gasteiger partial charge in [-0.25, -0.2) is 12.7 Å². The minimum absolute atomic E-state index is 0.293. The first-order valence-corrected chi connectivity index (χ1v) is 10.3. The molecule has 1 aliphatic rings. The van der Waals surface area contributed by atoms with Crippen molar-refractivity contribution >= 4 is 21.9 Å². The first-order valence-electron chi connectivity index (χ1n) is 8.42. The van der Waals surface area contributed by atoms with E-state index in [1.165, 1.54) is 4.31 Å². The van der Waals surface area contributed by atoms with Gasteiger partial charge in [0.2, 0.25) is 10.0 Å². The molecule has 0 spiro atoms. The lowest BCUT2D eigenvalue weighted by Gasteiger charge is -2.28. The maximum Gasteiger partial charge on any atom is 0.309 e. The normalized spacial score (nSPS) is 16.0. The monoisotopic (exact) mass is 384 g/mol. The van der Waals surface area contributed by atoms with Crippen LogP contribution in [0, 0.1) is 5.92 Å². The summed E-state index contributed by atoms with van der Waals surface area (Å²) in [4.78, 5) is 23.7. The minimum Gasteiger partial charge on any atom is -0.492 e. The average Bonchev–Trinajstić information content (AvgIpc) is 2.63. The molecule has 0 bridgehead atoms. The highest BCUT2D eigenvalue weighted by molar-refractivity contribution is 7.88. The number of sulfonamides is 1. The summed E-state index contributed by atoms with van der Waals surface area (Å²) in [5.74, 6) is -0.520. The van der Waals surface area contributed by atoms with Crippen LogP contribution in [-0.4, -0.2) is 63.7 Å². The second kappa shape index (κ2) is 9.54. The predicted octanol–water partition coefficient (Wildman–Crippen LogP) is 0.396. The van der Waals surface area contributed by atoms with E-state index in [1.807, 2.05) is 30.3 Å². The molecule has 1 saturated heterocycles. The molecular formula is C17H24N2O6S. The van der Waals surface area contributed by atoms with Gasteiger partial charge in [0.25, 0.3) is 5.91 Å². The molecule has 144 valence electrons. The summed E-state index contributed by atoms with van der Waals surface area (Å²) >= 11 is 0. The SMILES string of the molecule is CS(=O)(=O)N1CCC(C(=O)OCC(=O)NCCOc2ccccc2)CC1. The van der Waals surface area contributed by atoms with Gasteiger partial charge in [-0.15, -0.1) is 0 Å². The topological polar surface area (TPSA) is 102 Å². The van der Waals surface area contributed by atoms with Gasteiger partial charge >= 0.3 is 5.97 Å². The van der Waals surface area contributed by atoms with Crippen LogP contribution in [0.1, 0.15) is 12.8 Å². The van der Waals surface area contributed by atoms with Crippen molar-refractivity contribution in [1.29, 1.82) is 0 Å². The number of ether oxygens (including phenoxy) is 2. The summed E-state index contributed by atoms with van der Waals surface area (Å²) in [6.07, 6.45) is 1.95. The van der Waals surface area contributed by atoms with Crippen LogP contribution < -0.4 is 10.1 Å². The van der Waals surface area contributed by atoms with E-state index in [-0.39, 0.29) is 12.5 Å². The van der Waals surface area contributed by atoms with Crippen LogP contribution in [0.3, 0.4) is 0 Å².